The van der Waals surface area contributed by atoms with Crippen molar-refractivity contribution in [2.45, 2.75) is 70.3 Å². The van der Waals surface area contributed by atoms with E-state index in [4.69, 9.17) is 4.74 Å². The molecule has 0 unspecified atom stereocenters. The van der Waals surface area contributed by atoms with Gasteiger partial charge in [-0.05, 0) is 79.2 Å². The van der Waals surface area contributed by atoms with Crippen LogP contribution >= 0.6 is 0 Å². The minimum Gasteiger partial charge on any atom is -0.378 e. The molecule has 2 heteroatoms. The highest BCUT2D eigenvalue weighted by Gasteiger charge is 2.24. The molecule has 0 bridgehead atoms. The van der Waals surface area contributed by atoms with Crippen LogP contribution < -0.4 is 0 Å². The first-order valence-electron chi connectivity index (χ1n) is 10.8. The molecule has 0 amide bonds. The SMILES string of the molecule is C=CCCc1ccc(-c2ccc(C3CCC(OCCCC)CC3)c(F)c2)cc1. The number of ether oxygens (including phenoxy) is 1. The van der Waals surface area contributed by atoms with E-state index in [1.54, 1.807) is 6.07 Å². The van der Waals surface area contributed by atoms with Crippen LogP contribution in [0.15, 0.2) is 55.1 Å². The van der Waals surface area contributed by atoms with Crippen LogP contribution in [0.1, 0.15) is 68.9 Å². The van der Waals surface area contributed by atoms with Gasteiger partial charge in [-0.15, -0.1) is 6.58 Å². The Bertz CT molecular complexity index is 742. The van der Waals surface area contributed by atoms with Gasteiger partial charge in [0.15, 0.2) is 0 Å². The first-order valence-corrected chi connectivity index (χ1v) is 10.8. The molecule has 0 aliphatic heterocycles. The zero-order valence-corrected chi connectivity index (χ0v) is 17.1. The molecule has 2 aromatic carbocycles. The normalized spacial score (nSPS) is 19.5. The average molecular weight is 381 g/mol. The van der Waals surface area contributed by atoms with E-state index in [0.717, 1.165) is 68.2 Å². The third kappa shape index (κ3) is 5.54. The summed E-state index contributed by atoms with van der Waals surface area (Å²) < 4.78 is 20.8. The monoisotopic (exact) mass is 380 g/mol. The largest absolute Gasteiger partial charge is 0.378 e. The van der Waals surface area contributed by atoms with Gasteiger partial charge in [-0.2, -0.15) is 0 Å². The summed E-state index contributed by atoms with van der Waals surface area (Å²) >= 11 is 0. The van der Waals surface area contributed by atoms with Gasteiger partial charge in [0.05, 0.1) is 6.10 Å². The second-order valence-corrected chi connectivity index (χ2v) is 7.96. The lowest BCUT2D eigenvalue weighted by molar-refractivity contribution is 0.0230. The molecular weight excluding hydrogens is 347 g/mol. The molecule has 0 N–H and O–H groups in total. The fourth-order valence-corrected chi connectivity index (χ4v) is 4.11. The van der Waals surface area contributed by atoms with Crippen LogP contribution in [0, 0.1) is 5.82 Å². The van der Waals surface area contributed by atoms with Crippen molar-refractivity contribution < 1.29 is 9.13 Å². The number of rotatable bonds is 9. The van der Waals surface area contributed by atoms with Crippen molar-refractivity contribution in [2.75, 3.05) is 6.61 Å². The zero-order chi connectivity index (χ0) is 19.8. The zero-order valence-electron chi connectivity index (χ0n) is 17.1. The summed E-state index contributed by atoms with van der Waals surface area (Å²) in [5.41, 5.74) is 4.19. The summed E-state index contributed by atoms with van der Waals surface area (Å²) in [7, 11) is 0. The van der Waals surface area contributed by atoms with Gasteiger partial charge < -0.3 is 4.74 Å². The van der Waals surface area contributed by atoms with Crippen LogP contribution in [0.25, 0.3) is 11.1 Å². The van der Waals surface area contributed by atoms with Crippen molar-refractivity contribution in [3.8, 4) is 11.1 Å². The van der Waals surface area contributed by atoms with Crippen molar-refractivity contribution in [3.05, 3.63) is 72.1 Å². The molecule has 1 nitrogen and oxygen atoms in total. The first-order chi connectivity index (χ1) is 13.7. The lowest BCUT2D eigenvalue weighted by Gasteiger charge is -2.29. The van der Waals surface area contributed by atoms with E-state index in [0.29, 0.717) is 12.0 Å². The minimum absolute atomic E-state index is 0.0661. The molecule has 0 spiro atoms. The van der Waals surface area contributed by atoms with Crippen LogP contribution in [0.5, 0.6) is 0 Å². The van der Waals surface area contributed by atoms with E-state index >= 15 is 0 Å². The van der Waals surface area contributed by atoms with Crippen LogP contribution in [-0.4, -0.2) is 12.7 Å². The fraction of sp³-hybridized carbons (Fsp3) is 0.462. The Hall–Kier alpha value is -1.93. The van der Waals surface area contributed by atoms with Gasteiger partial charge in [-0.1, -0.05) is 55.8 Å². The third-order valence-electron chi connectivity index (χ3n) is 5.89. The van der Waals surface area contributed by atoms with Gasteiger partial charge >= 0.3 is 0 Å². The molecule has 1 aliphatic carbocycles. The number of halogens is 1. The smallest absolute Gasteiger partial charge is 0.127 e. The van der Waals surface area contributed by atoms with Crippen LogP contribution in [0.4, 0.5) is 4.39 Å². The highest BCUT2D eigenvalue weighted by atomic mass is 19.1. The Morgan fingerprint density at radius 2 is 1.75 bits per heavy atom. The van der Waals surface area contributed by atoms with E-state index in [-0.39, 0.29) is 5.82 Å². The maximum atomic E-state index is 14.9. The third-order valence-corrected chi connectivity index (χ3v) is 5.89. The molecule has 28 heavy (non-hydrogen) atoms. The maximum Gasteiger partial charge on any atom is 0.127 e. The molecule has 0 radical (unpaired) electrons. The second kappa shape index (κ2) is 10.6. The van der Waals surface area contributed by atoms with Gasteiger partial charge in [-0.25, -0.2) is 4.39 Å². The highest BCUT2D eigenvalue weighted by molar-refractivity contribution is 5.64. The molecule has 1 saturated carbocycles. The average Bonchev–Trinajstić information content (AvgIpc) is 2.73. The van der Waals surface area contributed by atoms with Gasteiger partial charge in [0.1, 0.15) is 5.82 Å². The van der Waals surface area contributed by atoms with Crippen molar-refractivity contribution in [1.29, 1.82) is 0 Å². The van der Waals surface area contributed by atoms with Crippen LogP contribution in [0.3, 0.4) is 0 Å². The number of unbranched alkanes of at least 4 members (excludes halogenated alkanes) is 1. The lowest BCUT2D eigenvalue weighted by atomic mass is 9.82. The van der Waals surface area contributed by atoms with Crippen molar-refractivity contribution in [2.24, 2.45) is 0 Å². The van der Waals surface area contributed by atoms with Gasteiger partial charge in [0.25, 0.3) is 0 Å². The summed E-state index contributed by atoms with van der Waals surface area (Å²) in [6, 6.07) is 14.2. The summed E-state index contributed by atoms with van der Waals surface area (Å²) in [4.78, 5) is 0. The molecule has 1 fully saturated rings. The summed E-state index contributed by atoms with van der Waals surface area (Å²) in [6.45, 7) is 6.82. The lowest BCUT2D eigenvalue weighted by Crippen LogP contribution is -2.21. The fourth-order valence-electron chi connectivity index (χ4n) is 4.11. The van der Waals surface area contributed by atoms with Crippen molar-refractivity contribution in [1.82, 2.24) is 0 Å². The number of hydrogen-bond acceptors (Lipinski definition) is 1. The Balaban J connectivity index is 1.61. The van der Waals surface area contributed by atoms with E-state index in [1.807, 2.05) is 12.1 Å². The molecule has 2 aromatic rings. The van der Waals surface area contributed by atoms with Gasteiger partial charge in [-0.3, -0.25) is 0 Å². The van der Waals surface area contributed by atoms with Gasteiger partial charge in [0.2, 0.25) is 0 Å². The van der Waals surface area contributed by atoms with E-state index < -0.39 is 0 Å². The molecular formula is C26H33FO. The predicted molar refractivity (Wildman–Crippen MR) is 116 cm³/mol. The quantitative estimate of drug-likeness (QED) is 0.324. The van der Waals surface area contributed by atoms with E-state index in [9.17, 15) is 4.39 Å². The first kappa shape index (κ1) is 20.8. The van der Waals surface area contributed by atoms with Gasteiger partial charge in [0, 0.05) is 6.61 Å². The molecule has 0 heterocycles. The molecule has 150 valence electrons. The standard InChI is InChI=1S/C26H33FO/c1-3-5-7-20-8-10-21(11-9-20)23-14-17-25(26(27)19-23)22-12-15-24(16-13-22)28-18-6-4-2/h3,8-11,14,17,19,22,24H,1,4-7,12-13,15-16,18H2,2H3. The van der Waals surface area contributed by atoms with Crippen molar-refractivity contribution in [3.63, 3.8) is 0 Å². The van der Waals surface area contributed by atoms with Crippen LogP contribution in [0.2, 0.25) is 0 Å². The molecule has 0 saturated heterocycles. The predicted octanol–water partition coefficient (Wildman–Crippen LogP) is 7.45. The topological polar surface area (TPSA) is 9.23 Å². The summed E-state index contributed by atoms with van der Waals surface area (Å²) in [5, 5.41) is 0. The maximum absolute atomic E-state index is 14.9. The highest BCUT2D eigenvalue weighted by Crippen LogP contribution is 2.36. The molecule has 0 atom stereocenters. The number of allylic oxidation sites excluding steroid dienone is 1. The second-order valence-electron chi connectivity index (χ2n) is 7.96. The summed E-state index contributed by atoms with van der Waals surface area (Å²) in [6.07, 6.45) is 10.7. The number of aryl methyl sites for hydroxylation is 1. The number of benzene rings is 2. The Morgan fingerprint density at radius 3 is 2.39 bits per heavy atom. The molecule has 1 aliphatic rings. The molecule has 3 rings (SSSR count). The summed E-state index contributed by atoms with van der Waals surface area (Å²) in [5.74, 6) is 0.255. The Morgan fingerprint density at radius 1 is 1.04 bits per heavy atom. The van der Waals surface area contributed by atoms with E-state index in [1.165, 1.54) is 12.0 Å². The minimum atomic E-state index is -0.0661. The Kier molecular flexibility index (Phi) is 7.85. The van der Waals surface area contributed by atoms with Crippen molar-refractivity contribution >= 4 is 0 Å². The van der Waals surface area contributed by atoms with E-state index in [2.05, 4.69) is 43.8 Å². The molecule has 0 aromatic heterocycles. The van der Waals surface area contributed by atoms with Crippen LogP contribution in [-0.2, 0) is 11.2 Å². The number of hydrogen-bond donors (Lipinski definition) is 0. The Labute approximate surface area is 169 Å².